The topological polar surface area (TPSA) is 12.0 Å². The summed E-state index contributed by atoms with van der Waals surface area (Å²) in [6.45, 7) is 0. The quantitative estimate of drug-likeness (QED) is 0.841. The van der Waals surface area contributed by atoms with Gasteiger partial charge < -0.3 is 5.32 Å². The Morgan fingerprint density at radius 1 is 1.11 bits per heavy atom. The lowest BCUT2D eigenvalue weighted by atomic mass is 9.93. The van der Waals surface area contributed by atoms with E-state index in [4.69, 9.17) is 0 Å². The number of hydrogen-bond acceptors (Lipinski definition) is 3. The van der Waals surface area contributed by atoms with Crippen LogP contribution in [0.1, 0.15) is 53.1 Å². The van der Waals surface area contributed by atoms with E-state index in [0.29, 0.717) is 12.1 Å². The molecular weight excluding hydrogens is 270 g/mol. The highest BCUT2D eigenvalue weighted by Crippen LogP contribution is 2.45. The molecule has 0 aromatic carbocycles. The molecule has 2 aromatic rings. The number of rotatable bonds is 4. The fourth-order valence-corrected chi connectivity index (χ4v) is 5.09. The molecule has 1 N–H and O–H groups in total. The Bertz CT molecular complexity index is 539. The summed E-state index contributed by atoms with van der Waals surface area (Å²) in [5.74, 6) is 0.877. The van der Waals surface area contributed by atoms with Crippen LogP contribution in [0.25, 0.3) is 0 Å². The molecule has 0 bridgehead atoms. The Balaban J connectivity index is 1.57. The average molecular weight is 289 g/mol. The Kier molecular flexibility index (Phi) is 3.22. The largest absolute Gasteiger partial charge is 0.302 e. The van der Waals surface area contributed by atoms with E-state index >= 15 is 0 Å². The molecule has 2 aromatic heterocycles. The van der Waals surface area contributed by atoms with E-state index in [-0.39, 0.29) is 0 Å². The fraction of sp³-hybridized carbons (Fsp3) is 0.500. The second-order valence-electron chi connectivity index (χ2n) is 5.74. The first-order valence-electron chi connectivity index (χ1n) is 7.27. The molecule has 2 heterocycles. The van der Waals surface area contributed by atoms with Gasteiger partial charge >= 0.3 is 0 Å². The van der Waals surface area contributed by atoms with Crippen LogP contribution >= 0.6 is 22.7 Å². The van der Waals surface area contributed by atoms with Crippen LogP contribution < -0.4 is 5.32 Å². The van der Waals surface area contributed by atoms with Gasteiger partial charge in [0.25, 0.3) is 0 Å². The molecule has 0 saturated heterocycles. The molecule has 1 fully saturated rings. The van der Waals surface area contributed by atoms with Crippen molar-refractivity contribution in [2.24, 2.45) is 5.92 Å². The monoisotopic (exact) mass is 289 g/mol. The zero-order chi connectivity index (χ0) is 12.7. The van der Waals surface area contributed by atoms with E-state index < -0.39 is 0 Å². The average Bonchev–Trinajstić information content (AvgIpc) is 2.94. The van der Waals surface area contributed by atoms with Crippen molar-refractivity contribution in [1.82, 2.24) is 5.32 Å². The third-order valence-corrected chi connectivity index (χ3v) is 6.33. The summed E-state index contributed by atoms with van der Waals surface area (Å²) in [4.78, 5) is 3.15. The molecule has 100 valence electrons. The van der Waals surface area contributed by atoms with Crippen molar-refractivity contribution in [2.45, 2.75) is 44.2 Å². The van der Waals surface area contributed by atoms with Crippen molar-refractivity contribution in [1.29, 1.82) is 0 Å². The van der Waals surface area contributed by atoms with Gasteiger partial charge in [-0.25, -0.2) is 0 Å². The number of hydrogen-bond donors (Lipinski definition) is 1. The maximum Gasteiger partial charge on any atom is 0.0448 e. The van der Waals surface area contributed by atoms with Crippen LogP contribution in [0.2, 0.25) is 0 Å². The van der Waals surface area contributed by atoms with Crippen molar-refractivity contribution in [3.63, 3.8) is 0 Å². The zero-order valence-corrected chi connectivity index (χ0v) is 12.6. The van der Waals surface area contributed by atoms with Gasteiger partial charge in [0.05, 0.1) is 0 Å². The van der Waals surface area contributed by atoms with Crippen LogP contribution in [-0.2, 0) is 6.42 Å². The maximum absolute atomic E-state index is 3.98. The highest BCUT2D eigenvalue weighted by Gasteiger charge is 2.35. The molecule has 4 rings (SSSR count). The normalized spacial score (nSPS) is 24.1. The summed E-state index contributed by atoms with van der Waals surface area (Å²) in [5.41, 5.74) is 1.58. The third kappa shape index (κ3) is 2.39. The highest BCUT2D eigenvalue weighted by molar-refractivity contribution is 7.10. The smallest absolute Gasteiger partial charge is 0.0448 e. The van der Waals surface area contributed by atoms with Crippen LogP contribution in [0.15, 0.2) is 29.0 Å². The van der Waals surface area contributed by atoms with E-state index in [1.165, 1.54) is 37.0 Å². The van der Waals surface area contributed by atoms with Gasteiger partial charge in [0.2, 0.25) is 0 Å². The van der Waals surface area contributed by atoms with Crippen molar-refractivity contribution >= 4 is 22.7 Å². The summed E-state index contributed by atoms with van der Waals surface area (Å²) in [6, 6.07) is 8.01. The maximum atomic E-state index is 3.98. The van der Waals surface area contributed by atoms with E-state index in [1.807, 2.05) is 22.7 Å². The first-order chi connectivity index (χ1) is 9.42. The second-order valence-corrected chi connectivity index (χ2v) is 7.72. The van der Waals surface area contributed by atoms with Gasteiger partial charge in [-0.15, -0.1) is 22.7 Å². The molecule has 2 atom stereocenters. The van der Waals surface area contributed by atoms with Crippen LogP contribution in [0.5, 0.6) is 0 Å². The Labute approximate surface area is 122 Å². The predicted octanol–water partition coefficient (Wildman–Crippen LogP) is 4.93. The number of aryl methyl sites for hydroxylation is 1. The molecule has 0 amide bonds. The van der Waals surface area contributed by atoms with Gasteiger partial charge in [-0.1, -0.05) is 6.07 Å². The van der Waals surface area contributed by atoms with Gasteiger partial charge in [0.15, 0.2) is 0 Å². The molecule has 0 aliphatic heterocycles. The molecule has 2 aliphatic carbocycles. The summed E-state index contributed by atoms with van der Waals surface area (Å²) < 4.78 is 0. The Hall–Kier alpha value is -0.640. The SMILES string of the molecule is c1csc(C(NC2CCCc3sccc32)C2CC2)c1. The molecule has 0 spiro atoms. The molecule has 0 radical (unpaired) electrons. The van der Waals surface area contributed by atoms with Crippen molar-refractivity contribution in [3.8, 4) is 0 Å². The minimum absolute atomic E-state index is 0.586. The standard InChI is InChI=1S/C16H19NS2/c1-3-13(12-8-10-19-14(12)4-1)17-16(11-6-7-11)15-5-2-9-18-15/h2,5,8-11,13,16-17H,1,3-4,6-7H2. The molecule has 1 nitrogen and oxygen atoms in total. The van der Waals surface area contributed by atoms with Gasteiger partial charge in [-0.2, -0.15) is 0 Å². The molecule has 19 heavy (non-hydrogen) atoms. The van der Waals surface area contributed by atoms with E-state index in [1.54, 1.807) is 10.4 Å². The lowest BCUT2D eigenvalue weighted by Crippen LogP contribution is -2.29. The summed E-state index contributed by atoms with van der Waals surface area (Å²) >= 11 is 3.85. The second kappa shape index (κ2) is 5.04. The van der Waals surface area contributed by atoms with Crippen molar-refractivity contribution < 1.29 is 0 Å². The van der Waals surface area contributed by atoms with Gasteiger partial charge in [-0.05, 0) is 66.5 Å². The first kappa shape index (κ1) is 12.1. The van der Waals surface area contributed by atoms with Crippen molar-refractivity contribution in [2.75, 3.05) is 0 Å². The first-order valence-corrected chi connectivity index (χ1v) is 9.03. The Morgan fingerprint density at radius 3 is 2.84 bits per heavy atom. The lowest BCUT2D eigenvalue weighted by molar-refractivity contribution is 0.380. The van der Waals surface area contributed by atoms with Crippen LogP contribution in [0.3, 0.4) is 0 Å². The summed E-state index contributed by atoms with van der Waals surface area (Å²) in [6.07, 6.45) is 6.74. The summed E-state index contributed by atoms with van der Waals surface area (Å²) in [7, 11) is 0. The predicted molar refractivity (Wildman–Crippen MR) is 82.9 cm³/mol. The van der Waals surface area contributed by atoms with Crippen LogP contribution in [-0.4, -0.2) is 0 Å². The van der Waals surface area contributed by atoms with E-state index in [0.717, 1.165) is 5.92 Å². The lowest BCUT2D eigenvalue weighted by Gasteiger charge is -2.28. The molecule has 3 heteroatoms. The molecule has 2 unspecified atom stereocenters. The molecule has 2 aliphatic rings. The van der Waals surface area contributed by atoms with Gasteiger partial charge in [0.1, 0.15) is 0 Å². The third-order valence-electron chi connectivity index (χ3n) is 4.38. The summed E-state index contributed by atoms with van der Waals surface area (Å²) in [5, 5.41) is 8.46. The van der Waals surface area contributed by atoms with E-state index in [9.17, 15) is 0 Å². The number of nitrogens with one attached hydrogen (secondary N) is 1. The Morgan fingerprint density at radius 2 is 2.05 bits per heavy atom. The number of fused-ring (bicyclic) bond motifs is 1. The molecule has 1 saturated carbocycles. The van der Waals surface area contributed by atoms with Crippen LogP contribution in [0.4, 0.5) is 0 Å². The van der Waals surface area contributed by atoms with Gasteiger partial charge in [0, 0.05) is 21.8 Å². The fourth-order valence-electron chi connectivity index (χ4n) is 3.22. The molecular formula is C16H19NS2. The minimum Gasteiger partial charge on any atom is -0.302 e. The van der Waals surface area contributed by atoms with E-state index in [2.05, 4.69) is 34.3 Å². The van der Waals surface area contributed by atoms with Gasteiger partial charge in [-0.3, -0.25) is 0 Å². The zero-order valence-electron chi connectivity index (χ0n) is 11.0. The number of thiophene rings is 2. The highest BCUT2D eigenvalue weighted by atomic mass is 32.1. The minimum atomic E-state index is 0.586. The van der Waals surface area contributed by atoms with Crippen LogP contribution in [0, 0.1) is 5.92 Å². The van der Waals surface area contributed by atoms with Crippen molar-refractivity contribution in [3.05, 3.63) is 44.3 Å².